The van der Waals surface area contributed by atoms with Crippen LogP contribution in [-0.2, 0) is 6.42 Å². The first-order valence-electron chi connectivity index (χ1n) is 6.56. The van der Waals surface area contributed by atoms with Gasteiger partial charge < -0.3 is 11.1 Å². The molecule has 0 aromatic heterocycles. The van der Waals surface area contributed by atoms with Gasteiger partial charge in [0.2, 0.25) is 0 Å². The van der Waals surface area contributed by atoms with E-state index in [0.29, 0.717) is 27.7 Å². The van der Waals surface area contributed by atoms with E-state index in [2.05, 4.69) is 5.32 Å². The molecule has 0 aliphatic heterocycles. The molecule has 3 N–H and O–H groups in total. The van der Waals surface area contributed by atoms with Crippen LogP contribution in [0.15, 0.2) is 42.5 Å². The largest absolute Gasteiger partial charge is 0.399 e. The van der Waals surface area contributed by atoms with E-state index in [4.69, 9.17) is 28.9 Å². The molecule has 1 amide bonds. The summed E-state index contributed by atoms with van der Waals surface area (Å²) in [5.41, 5.74) is 7.60. The molecular weight excluding hydrogens is 307 g/mol. The second-order valence-electron chi connectivity index (χ2n) is 4.94. The molecule has 0 aliphatic rings. The van der Waals surface area contributed by atoms with E-state index in [1.807, 2.05) is 31.2 Å². The summed E-state index contributed by atoms with van der Waals surface area (Å²) in [6.07, 6.45) is 0.654. The first kappa shape index (κ1) is 15.7. The minimum Gasteiger partial charge on any atom is -0.399 e. The Bertz CT molecular complexity index is 638. The van der Waals surface area contributed by atoms with Gasteiger partial charge in [-0.05, 0) is 43.2 Å². The first-order valence-corrected chi connectivity index (χ1v) is 7.31. The highest BCUT2D eigenvalue weighted by molar-refractivity contribution is 6.31. The monoisotopic (exact) mass is 322 g/mol. The summed E-state index contributed by atoms with van der Waals surface area (Å²) in [4.78, 5) is 12.2. The fourth-order valence-corrected chi connectivity index (χ4v) is 2.55. The lowest BCUT2D eigenvalue weighted by Gasteiger charge is -2.15. The Labute approximate surface area is 134 Å². The van der Waals surface area contributed by atoms with Gasteiger partial charge in [-0.15, -0.1) is 0 Å². The Morgan fingerprint density at radius 3 is 2.62 bits per heavy atom. The zero-order valence-corrected chi connectivity index (χ0v) is 13.1. The van der Waals surface area contributed by atoms with Gasteiger partial charge in [0.25, 0.3) is 5.91 Å². The fraction of sp³-hybridized carbons (Fsp3) is 0.188. The van der Waals surface area contributed by atoms with Gasteiger partial charge in [0.1, 0.15) is 0 Å². The average molecular weight is 323 g/mol. The van der Waals surface area contributed by atoms with Gasteiger partial charge in [0.15, 0.2) is 0 Å². The standard InChI is InChI=1S/C16H16Cl2N2O/c1-10(6-11-4-2-3-5-15(11)18)20-16(21)12-7-13(17)9-14(19)8-12/h2-5,7-10H,6,19H2,1H3,(H,20,21). The van der Waals surface area contributed by atoms with Gasteiger partial charge in [-0.2, -0.15) is 0 Å². The molecule has 2 aromatic rings. The van der Waals surface area contributed by atoms with Crippen molar-refractivity contribution < 1.29 is 4.79 Å². The van der Waals surface area contributed by atoms with Crippen LogP contribution in [0, 0.1) is 0 Å². The molecule has 0 saturated heterocycles. The van der Waals surface area contributed by atoms with E-state index in [0.717, 1.165) is 5.56 Å². The maximum absolute atomic E-state index is 12.2. The van der Waals surface area contributed by atoms with Gasteiger partial charge in [0.05, 0.1) is 0 Å². The van der Waals surface area contributed by atoms with Crippen molar-refractivity contribution in [2.45, 2.75) is 19.4 Å². The van der Waals surface area contributed by atoms with Crippen LogP contribution < -0.4 is 11.1 Å². The zero-order valence-electron chi connectivity index (χ0n) is 11.6. The van der Waals surface area contributed by atoms with Crippen molar-refractivity contribution in [3.8, 4) is 0 Å². The maximum Gasteiger partial charge on any atom is 0.251 e. The summed E-state index contributed by atoms with van der Waals surface area (Å²) in [5, 5.41) is 4.06. The van der Waals surface area contributed by atoms with Crippen LogP contribution in [0.2, 0.25) is 10.0 Å². The van der Waals surface area contributed by atoms with Crippen LogP contribution in [0.1, 0.15) is 22.8 Å². The van der Waals surface area contributed by atoms with Gasteiger partial charge in [-0.1, -0.05) is 41.4 Å². The number of nitrogen functional groups attached to an aromatic ring is 1. The van der Waals surface area contributed by atoms with Crippen LogP contribution in [0.4, 0.5) is 5.69 Å². The van der Waals surface area contributed by atoms with E-state index in [1.54, 1.807) is 18.2 Å². The van der Waals surface area contributed by atoms with Crippen molar-refractivity contribution in [3.63, 3.8) is 0 Å². The summed E-state index contributed by atoms with van der Waals surface area (Å²) in [6, 6.07) is 12.3. The van der Waals surface area contributed by atoms with Crippen LogP contribution in [-0.4, -0.2) is 11.9 Å². The summed E-state index contributed by atoms with van der Waals surface area (Å²) in [5.74, 6) is -0.205. The van der Waals surface area contributed by atoms with Gasteiger partial charge in [-0.3, -0.25) is 4.79 Å². The lowest BCUT2D eigenvalue weighted by molar-refractivity contribution is 0.0940. The molecule has 21 heavy (non-hydrogen) atoms. The summed E-state index contributed by atoms with van der Waals surface area (Å²) >= 11 is 12.0. The Morgan fingerprint density at radius 1 is 1.24 bits per heavy atom. The fourth-order valence-electron chi connectivity index (χ4n) is 2.10. The number of nitrogens with two attached hydrogens (primary N) is 1. The second-order valence-corrected chi connectivity index (χ2v) is 5.79. The highest BCUT2D eigenvalue weighted by Crippen LogP contribution is 2.18. The molecule has 0 saturated carbocycles. The van der Waals surface area contributed by atoms with E-state index < -0.39 is 0 Å². The Hall–Kier alpha value is -1.71. The number of carbonyl (C=O) groups is 1. The Morgan fingerprint density at radius 2 is 1.95 bits per heavy atom. The number of anilines is 1. The highest BCUT2D eigenvalue weighted by Gasteiger charge is 2.12. The lowest BCUT2D eigenvalue weighted by Crippen LogP contribution is -2.34. The molecule has 3 nitrogen and oxygen atoms in total. The third-order valence-electron chi connectivity index (χ3n) is 3.04. The Kier molecular flexibility index (Phi) is 5.10. The van der Waals surface area contributed by atoms with E-state index >= 15 is 0 Å². The molecule has 1 unspecified atom stereocenters. The number of halogens is 2. The van der Waals surface area contributed by atoms with E-state index in [1.165, 1.54) is 0 Å². The van der Waals surface area contributed by atoms with E-state index in [9.17, 15) is 4.79 Å². The van der Waals surface area contributed by atoms with Crippen LogP contribution >= 0.6 is 23.2 Å². The molecule has 0 spiro atoms. The quantitative estimate of drug-likeness (QED) is 0.838. The molecule has 0 bridgehead atoms. The molecule has 2 aromatic carbocycles. The molecule has 1 atom stereocenters. The van der Waals surface area contributed by atoms with Crippen molar-refractivity contribution in [2.75, 3.05) is 5.73 Å². The van der Waals surface area contributed by atoms with Gasteiger partial charge in [0, 0.05) is 27.3 Å². The predicted molar refractivity (Wildman–Crippen MR) is 87.9 cm³/mol. The molecule has 0 radical (unpaired) electrons. The predicted octanol–water partition coefficient (Wildman–Crippen LogP) is 3.94. The number of rotatable bonds is 4. The molecule has 110 valence electrons. The van der Waals surface area contributed by atoms with Gasteiger partial charge >= 0.3 is 0 Å². The number of benzene rings is 2. The first-order chi connectivity index (χ1) is 9.95. The second kappa shape index (κ2) is 6.83. The van der Waals surface area contributed by atoms with Gasteiger partial charge in [-0.25, -0.2) is 0 Å². The summed E-state index contributed by atoms with van der Waals surface area (Å²) in [6.45, 7) is 1.93. The topological polar surface area (TPSA) is 55.1 Å². The summed E-state index contributed by atoms with van der Waals surface area (Å²) in [7, 11) is 0. The molecule has 5 heteroatoms. The summed E-state index contributed by atoms with van der Waals surface area (Å²) < 4.78 is 0. The number of hydrogen-bond acceptors (Lipinski definition) is 2. The smallest absolute Gasteiger partial charge is 0.251 e. The number of hydrogen-bond donors (Lipinski definition) is 2. The molecular formula is C16H16Cl2N2O. The van der Waals surface area contributed by atoms with Crippen molar-refractivity contribution >= 4 is 34.8 Å². The van der Waals surface area contributed by atoms with Crippen molar-refractivity contribution in [2.24, 2.45) is 0 Å². The van der Waals surface area contributed by atoms with Crippen molar-refractivity contribution in [3.05, 3.63) is 63.6 Å². The third-order valence-corrected chi connectivity index (χ3v) is 3.63. The number of carbonyl (C=O) groups excluding carboxylic acids is 1. The minimum absolute atomic E-state index is 0.0578. The number of amides is 1. The normalized spacial score (nSPS) is 12.0. The highest BCUT2D eigenvalue weighted by atomic mass is 35.5. The maximum atomic E-state index is 12.2. The van der Waals surface area contributed by atoms with Crippen molar-refractivity contribution in [1.29, 1.82) is 0 Å². The third kappa shape index (κ3) is 4.38. The zero-order chi connectivity index (χ0) is 15.4. The lowest BCUT2D eigenvalue weighted by atomic mass is 10.1. The van der Waals surface area contributed by atoms with Crippen LogP contribution in [0.25, 0.3) is 0 Å². The molecule has 2 rings (SSSR count). The van der Waals surface area contributed by atoms with Crippen LogP contribution in [0.3, 0.4) is 0 Å². The molecule has 0 fully saturated rings. The van der Waals surface area contributed by atoms with Crippen LogP contribution in [0.5, 0.6) is 0 Å². The molecule has 0 aliphatic carbocycles. The average Bonchev–Trinajstić information content (AvgIpc) is 2.40. The SMILES string of the molecule is CC(Cc1ccccc1Cl)NC(=O)c1cc(N)cc(Cl)c1. The van der Waals surface area contributed by atoms with E-state index in [-0.39, 0.29) is 11.9 Å². The van der Waals surface area contributed by atoms with Crippen molar-refractivity contribution in [1.82, 2.24) is 5.32 Å². The Balaban J connectivity index is 2.04. The number of nitrogens with one attached hydrogen (secondary N) is 1. The minimum atomic E-state index is -0.205. The molecule has 0 heterocycles.